The highest BCUT2D eigenvalue weighted by Crippen LogP contribution is 2.08. The lowest BCUT2D eigenvalue weighted by molar-refractivity contribution is 0.198. The molecule has 0 heterocycles. The van der Waals surface area contributed by atoms with Gasteiger partial charge in [0.25, 0.3) is 0 Å². The van der Waals surface area contributed by atoms with Gasteiger partial charge in [-0.15, -0.1) is 0 Å². The lowest BCUT2D eigenvalue weighted by atomic mass is 10.2. The molecule has 0 aliphatic rings. The monoisotopic (exact) mass is 224 g/mol. The Labute approximate surface area is 95.5 Å². The number of benzene rings is 1. The summed E-state index contributed by atoms with van der Waals surface area (Å²) in [4.78, 5) is 0. The summed E-state index contributed by atoms with van der Waals surface area (Å²) in [7, 11) is 0. The normalized spacial score (nSPS) is 11.9. The number of aryl methyl sites for hydroxylation is 1. The molecule has 1 aromatic rings. The highest BCUT2D eigenvalue weighted by molar-refractivity contribution is 7.80. The van der Waals surface area contributed by atoms with Gasteiger partial charge in [-0.3, -0.25) is 0 Å². The third-order valence-corrected chi connectivity index (χ3v) is 2.08. The number of hydrogen-bond donors (Lipinski definition) is 3. The topological polar surface area (TPSA) is 44.3 Å². The van der Waals surface area contributed by atoms with Crippen LogP contribution in [0, 0.1) is 6.92 Å². The number of anilines is 1. The fourth-order valence-corrected chi connectivity index (χ4v) is 1.34. The largest absolute Gasteiger partial charge is 0.392 e. The Bertz CT molecular complexity index is 339. The highest BCUT2D eigenvalue weighted by Gasteiger charge is 1.99. The van der Waals surface area contributed by atoms with E-state index < -0.39 is 6.10 Å². The molecule has 1 atom stereocenters. The van der Waals surface area contributed by atoms with Crippen molar-refractivity contribution in [2.75, 3.05) is 11.9 Å². The highest BCUT2D eigenvalue weighted by atomic mass is 32.1. The van der Waals surface area contributed by atoms with E-state index in [0.717, 1.165) is 5.69 Å². The zero-order valence-corrected chi connectivity index (χ0v) is 9.77. The molecule has 0 aromatic heterocycles. The van der Waals surface area contributed by atoms with Crippen molar-refractivity contribution < 1.29 is 5.11 Å². The molecule has 0 saturated carbocycles. The third-order valence-electron chi connectivity index (χ3n) is 1.83. The van der Waals surface area contributed by atoms with Crippen molar-refractivity contribution in [1.82, 2.24) is 5.32 Å². The van der Waals surface area contributed by atoms with E-state index in [0.29, 0.717) is 11.7 Å². The van der Waals surface area contributed by atoms with E-state index >= 15 is 0 Å². The van der Waals surface area contributed by atoms with Crippen LogP contribution in [-0.4, -0.2) is 22.9 Å². The van der Waals surface area contributed by atoms with Gasteiger partial charge in [0.1, 0.15) is 0 Å². The van der Waals surface area contributed by atoms with Crippen molar-refractivity contribution in [2.45, 2.75) is 20.0 Å². The average Bonchev–Trinajstić information content (AvgIpc) is 2.15. The molecule has 0 radical (unpaired) electrons. The maximum absolute atomic E-state index is 9.06. The van der Waals surface area contributed by atoms with Gasteiger partial charge in [0, 0.05) is 12.2 Å². The molecule has 82 valence electrons. The lowest BCUT2D eigenvalue weighted by Crippen LogP contribution is -2.33. The fraction of sp³-hybridized carbons (Fsp3) is 0.364. The summed E-state index contributed by atoms with van der Waals surface area (Å²) in [5.74, 6) is 0. The van der Waals surface area contributed by atoms with Crippen LogP contribution in [0.3, 0.4) is 0 Å². The Morgan fingerprint density at radius 2 is 2.27 bits per heavy atom. The van der Waals surface area contributed by atoms with Gasteiger partial charge < -0.3 is 15.7 Å². The summed E-state index contributed by atoms with van der Waals surface area (Å²) in [6.45, 7) is 4.19. The molecule has 1 aromatic carbocycles. The van der Waals surface area contributed by atoms with Gasteiger partial charge >= 0.3 is 0 Å². The first-order valence-electron chi connectivity index (χ1n) is 4.87. The number of rotatable bonds is 3. The van der Waals surface area contributed by atoms with Crippen LogP contribution in [0.1, 0.15) is 12.5 Å². The number of thiocarbonyl (C=S) groups is 1. The second-order valence-corrected chi connectivity index (χ2v) is 3.96. The molecule has 0 fully saturated rings. The van der Waals surface area contributed by atoms with Crippen LogP contribution in [0.25, 0.3) is 0 Å². The van der Waals surface area contributed by atoms with Crippen molar-refractivity contribution in [3.8, 4) is 0 Å². The number of hydrogen-bond acceptors (Lipinski definition) is 2. The molecule has 0 spiro atoms. The average molecular weight is 224 g/mol. The van der Waals surface area contributed by atoms with E-state index in [4.69, 9.17) is 17.3 Å². The minimum Gasteiger partial charge on any atom is -0.392 e. The predicted octanol–water partition coefficient (Wildman–Crippen LogP) is 1.66. The minimum atomic E-state index is -0.401. The van der Waals surface area contributed by atoms with Crippen molar-refractivity contribution >= 4 is 23.0 Å². The molecule has 0 amide bonds. The standard InChI is InChI=1S/C11H16N2OS/c1-8-4-3-5-10(6-8)13-11(15)12-7-9(2)14/h3-6,9,14H,7H2,1-2H3,(H2,12,13,15)/t9-/m0/s1. The fourth-order valence-electron chi connectivity index (χ4n) is 1.14. The smallest absolute Gasteiger partial charge is 0.170 e. The van der Waals surface area contributed by atoms with Crippen LogP contribution in [-0.2, 0) is 0 Å². The van der Waals surface area contributed by atoms with Crippen LogP contribution in [0.5, 0.6) is 0 Å². The van der Waals surface area contributed by atoms with Crippen molar-refractivity contribution in [3.63, 3.8) is 0 Å². The van der Waals surface area contributed by atoms with Gasteiger partial charge in [0.2, 0.25) is 0 Å². The summed E-state index contributed by atoms with van der Waals surface area (Å²) in [5, 5.41) is 15.6. The summed E-state index contributed by atoms with van der Waals surface area (Å²) >= 11 is 5.06. The molecule has 15 heavy (non-hydrogen) atoms. The van der Waals surface area contributed by atoms with Crippen molar-refractivity contribution in [1.29, 1.82) is 0 Å². The summed E-state index contributed by atoms with van der Waals surface area (Å²) < 4.78 is 0. The first kappa shape index (κ1) is 11.9. The SMILES string of the molecule is Cc1cccc(NC(=S)NC[C@H](C)O)c1. The van der Waals surface area contributed by atoms with Gasteiger partial charge in [-0.25, -0.2) is 0 Å². The van der Waals surface area contributed by atoms with E-state index in [1.807, 2.05) is 31.2 Å². The zero-order valence-electron chi connectivity index (χ0n) is 8.95. The van der Waals surface area contributed by atoms with Crippen LogP contribution in [0.15, 0.2) is 24.3 Å². The third kappa shape index (κ3) is 4.76. The van der Waals surface area contributed by atoms with Gasteiger partial charge in [-0.2, -0.15) is 0 Å². The van der Waals surface area contributed by atoms with Crippen LogP contribution >= 0.6 is 12.2 Å². The van der Waals surface area contributed by atoms with Crippen LogP contribution < -0.4 is 10.6 Å². The minimum absolute atomic E-state index is 0.401. The number of aliphatic hydroxyl groups excluding tert-OH is 1. The molecule has 3 nitrogen and oxygen atoms in total. The molecule has 0 saturated heterocycles. The zero-order chi connectivity index (χ0) is 11.3. The van der Waals surface area contributed by atoms with E-state index in [1.54, 1.807) is 6.92 Å². The number of nitrogens with one attached hydrogen (secondary N) is 2. The molecular formula is C11H16N2OS. The summed E-state index contributed by atoms with van der Waals surface area (Å²) in [6.07, 6.45) is -0.401. The molecule has 3 N–H and O–H groups in total. The summed E-state index contributed by atoms with van der Waals surface area (Å²) in [6, 6.07) is 7.95. The van der Waals surface area contributed by atoms with E-state index in [2.05, 4.69) is 10.6 Å². The van der Waals surface area contributed by atoms with Crippen LogP contribution in [0.2, 0.25) is 0 Å². The van der Waals surface area contributed by atoms with Gasteiger partial charge in [0.15, 0.2) is 5.11 Å². The summed E-state index contributed by atoms with van der Waals surface area (Å²) in [5.41, 5.74) is 2.14. The second kappa shape index (κ2) is 5.68. The van der Waals surface area contributed by atoms with Gasteiger partial charge in [0.05, 0.1) is 6.10 Å². The Morgan fingerprint density at radius 3 is 2.87 bits per heavy atom. The quantitative estimate of drug-likeness (QED) is 0.683. The molecule has 0 aliphatic heterocycles. The molecule has 0 aliphatic carbocycles. The van der Waals surface area contributed by atoms with E-state index in [-0.39, 0.29) is 0 Å². The van der Waals surface area contributed by atoms with Crippen molar-refractivity contribution in [3.05, 3.63) is 29.8 Å². The second-order valence-electron chi connectivity index (χ2n) is 3.55. The Kier molecular flexibility index (Phi) is 4.52. The van der Waals surface area contributed by atoms with Crippen LogP contribution in [0.4, 0.5) is 5.69 Å². The van der Waals surface area contributed by atoms with E-state index in [9.17, 15) is 0 Å². The lowest BCUT2D eigenvalue weighted by Gasteiger charge is -2.11. The van der Waals surface area contributed by atoms with Gasteiger partial charge in [-0.05, 0) is 43.8 Å². The molecule has 1 rings (SSSR count). The Morgan fingerprint density at radius 1 is 1.53 bits per heavy atom. The first-order valence-corrected chi connectivity index (χ1v) is 5.28. The maximum atomic E-state index is 9.06. The Balaban J connectivity index is 2.44. The molecule has 0 unspecified atom stereocenters. The molecular weight excluding hydrogens is 208 g/mol. The first-order chi connectivity index (χ1) is 7.08. The number of aliphatic hydroxyl groups is 1. The van der Waals surface area contributed by atoms with E-state index in [1.165, 1.54) is 5.56 Å². The molecule has 4 heteroatoms. The molecule has 0 bridgehead atoms. The Hall–Kier alpha value is -1.13. The van der Waals surface area contributed by atoms with Gasteiger partial charge in [-0.1, -0.05) is 12.1 Å². The predicted molar refractivity (Wildman–Crippen MR) is 67.1 cm³/mol. The van der Waals surface area contributed by atoms with Crippen molar-refractivity contribution in [2.24, 2.45) is 0 Å². The maximum Gasteiger partial charge on any atom is 0.170 e.